The predicted molar refractivity (Wildman–Crippen MR) is 298 cm³/mol. The number of rotatable bonds is 13. The van der Waals surface area contributed by atoms with Gasteiger partial charge < -0.3 is 14.4 Å². The monoisotopic (exact) mass is 906 g/mol. The molecule has 71 heavy (non-hydrogen) atoms. The molecule has 0 atom stereocenters. The van der Waals surface area contributed by atoms with Crippen LogP contribution in [0.1, 0.15) is 41.8 Å². The first-order valence-corrected chi connectivity index (χ1v) is 21.3. The van der Waals surface area contributed by atoms with Gasteiger partial charge in [0.05, 0.1) is 78.5 Å². The van der Waals surface area contributed by atoms with E-state index in [9.17, 15) is 22.4 Å². The van der Waals surface area contributed by atoms with E-state index in [1.807, 2.05) is 0 Å². The number of hydrogen-bond donors (Lipinski definition) is 0. The van der Waals surface area contributed by atoms with E-state index in [1.165, 1.54) is 0 Å². The number of benzene rings is 3. The van der Waals surface area contributed by atoms with Crippen LogP contribution in [0.5, 0.6) is 0 Å². The third-order valence-corrected chi connectivity index (χ3v) is 13.7. The molecule has 5 rings (SSSR count). The molecule has 0 fully saturated rings. The maximum absolute atomic E-state index is 15.7. The Balaban J connectivity index is 1.87. The summed E-state index contributed by atoms with van der Waals surface area (Å²) < 4.78 is 55.0. The highest BCUT2D eigenvalue weighted by molar-refractivity contribution is 8.02. The number of aromatic nitrogens is 2. The summed E-state index contributed by atoms with van der Waals surface area (Å²) in [7, 11) is 154. The molecule has 35 heteroatoms. The summed E-state index contributed by atoms with van der Waals surface area (Å²) in [5.41, 5.74) is -15.7. The first kappa shape index (κ1) is 59.5. The third-order valence-electron chi connectivity index (χ3n) is 12.7. The summed E-state index contributed by atoms with van der Waals surface area (Å²) in [6, 6.07) is 0. The summed E-state index contributed by atoms with van der Waals surface area (Å²) in [5.74, 6) is -2.78. The molecule has 0 saturated carbocycles. The van der Waals surface area contributed by atoms with Gasteiger partial charge in [-0.1, -0.05) is 113 Å². The van der Waals surface area contributed by atoms with Crippen LogP contribution in [0.15, 0.2) is 9.95 Å². The predicted octanol–water partition coefficient (Wildman–Crippen LogP) is -13.5. The lowest BCUT2D eigenvalue weighted by atomic mass is 9.20. The molecule has 0 saturated heterocycles. The minimum absolute atomic E-state index is 0.0883. The molecule has 3 aromatic carbocycles. The van der Waals surface area contributed by atoms with E-state index in [0.717, 1.165) is 0 Å². The van der Waals surface area contributed by atoms with Gasteiger partial charge in [0.1, 0.15) is 116 Å². The zero-order chi connectivity index (χ0) is 54.8. The Morgan fingerprint density at radius 3 is 1.39 bits per heavy atom. The molecule has 296 valence electrons. The largest absolute Gasteiger partial charge is 0.415 e. The first-order valence-electron chi connectivity index (χ1n) is 20.5. The number of halogens is 4. The fraction of sp³-hybridized carbons (Fsp3) is 0.361. The van der Waals surface area contributed by atoms with E-state index in [0.29, 0.717) is 22.6 Å². The molecule has 4 aromatic rings. The number of alkyl halides is 3. The number of thioether (sulfide) groups is 1. The fourth-order valence-corrected chi connectivity index (χ4v) is 9.54. The van der Waals surface area contributed by atoms with Gasteiger partial charge in [0.2, 0.25) is 5.91 Å². The Hall–Kier alpha value is -2.40. The van der Waals surface area contributed by atoms with Gasteiger partial charge in [-0.3, -0.25) is 9.59 Å². The van der Waals surface area contributed by atoms with Crippen LogP contribution >= 0.6 is 11.8 Å². The van der Waals surface area contributed by atoms with E-state index in [2.05, 4.69) is 4.98 Å². The van der Waals surface area contributed by atoms with Crippen molar-refractivity contribution in [3.63, 3.8) is 0 Å². The van der Waals surface area contributed by atoms with Crippen LogP contribution in [0, 0.1) is 5.82 Å². The maximum atomic E-state index is 15.7. The lowest BCUT2D eigenvalue weighted by Crippen LogP contribution is -2.65. The number of likely N-dealkylation sites (N-methyl/N-ethyl adjacent to an activating group) is 1. The normalized spacial score (nSPS) is 15.4. The third kappa shape index (κ3) is 9.22. The lowest BCUT2D eigenvalue weighted by Gasteiger charge is -2.50. The Labute approximate surface area is 448 Å². The SMILES string of the molecule is [B]c1c([B])c(C([B])([B])Sc2nc(=O)c3c(n2C([B])([B])C(=O)N(CCN(CC)CC)C([B])([B])c2c([B])c([B])c(-c4c([B])c([B])c(C(F)(F)F)c([B])c4[B])c([B])c2[B])C([B])([B])C([B])([B])C3([B])[B])c([B])c([B])c1F. The van der Waals surface area contributed by atoms with Crippen LogP contribution in [-0.2, 0) is 36.6 Å². The molecule has 1 aliphatic rings. The molecular weight excluding hydrogens is 888 g/mol. The lowest BCUT2D eigenvalue weighted by molar-refractivity contribution is -0.137. The molecule has 1 amide bonds. The zero-order valence-corrected chi connectivity index (χ0v) is 39.0. The molecule has 0 N–H and O–H groups in total. The fourth-order valence-electron chi connectivity index (χ4n) is 8.46. The van der Waals surface area contributed by atoms with Crippen LogP contribution in [0.25, 0.3) is 11.1 Å². The molecule has 0 spiro atoms. The highest BCUT2D eigenvalue weighted by Gasteiger charge is 2.58. The Morgan fingerprint density at radius 1 is 0.606 bits per heavy atom. The molecule has 0 bridgehead atoms. The number of nitrogens with zero attached hydrogens (tertiary/aromatic N) is 4. The van der Waals surface area contributed by atoms with Gasteiger partial charge in [0.15, 0.2) is 5.16 Å². The van der Waals surface area contributed by atoms with Gasteiger partial charge in [-0.2, -0.15) is 18.2 Å². The van der Waals surface area contributed by atoms with Gasteiger partial charge in [-0.05, 0) is 34.1 Å². The number of hydrogen-bond acceptors (Lipinski definition) is 5. The van der Waals surface area contributed by atoms with Gasteiger partial charge in [-0.25, -0.2) is 4.39 Å². The molecule has 48 radical (unpaired) electrons. The van der Waals surface area contributed by atoms with Crippen LogP contribution in [0.2, 0.25) is 5.21 Å². The van der Waals surface area contributed by atoms with Gasteiger partial charge in [0.25, 0.3) is 5.56 Å². The second-order valence-electron chi connectivity index (χ2n) is 17.0. The Morgan fingerprint density at radius 2 is 1.00 bits per heavy atom. The highest BCUT2D eigenvalue weighted by atomic mass is 32.2. The Bertz CT molecular complexity index is 2860. The van der Waals surface area contributed by atoms with Crippen LogP contribution in [0.4, 0.5) is 17.6 Å². The van der Waals surface area contributed by atoms with E-state index in [1.54, 1.807) is 18.7 Å². The van der Waals surface area contributed by atoms with Gasteiger partial charge in [-0.15, -0.1) is 5.21 Å². The number of fused-ring (bicyclic) bond motifs is 1. The van der Waals surface area contributed by atoms with Crippen LogP contribution in [0.3, 0.4) is 0 Å². The standard InChI is InChI=1S/C36H14B24F4N4O2S/c1-3-66(4-2)5-6-67(32(53,54)9-17(41)13(37)7(14(38)18(9)42)8-15(39)21(45)11(35(62,63)64)22(46)16(8)40)28(70)33(55,56)68-26-12(30(49,50)36(59,60)31(26,51)52)27(69)65-29(68)71-34(57,58)10-19(43)23(47)25(61)24(48)20(10)44/h3-6H2,1-2H3. The quantitative estimate of drug-likeness (QED) is 0.0579. The second-order valence-corrected chi connectivity index (χ2v) is 18.3. The maximum Gasteiger partial charge on any atom is 0.415 e. The summed E-state index contributed by atoms with van der Waals surface area (Å²) in [6.45, 7) is 3.62. The number of amides is 1. The van der Waals surface area contributed by atoms with Crippen molar-refractivity contribution >= 4 is 272 Å². The number of carbonyl (C=O) groups is 1. The first-order chi connectivity index (χ1) is 32.1. The average Bonchev–Trinajstić information content (AvgIpc) is 3.35. The van der Waals surface area contributed by atoms with E-state index in [-0.39, 0.29) is 18.3 Å². The van der Waals surface area contributed by atoms with Crippen molar-refractivity contribution in [3.05, 3.63) is 44.1 Å². The topological polar surface area (TPSA) is 58.4 Å². The molecule has 0 unspecified atom stereocenters. The summed E-state index contributed by atoms with van der Waals surface area (Å²) in [5, 5.41) is -15.3. The van der Waals surface area contributed by atoms with Crippen molar-refractivity contribution in [2.45, 2.75) is 56.0 Å². The van der Waals surface area contributed by atoms with Crippen molar-refractivity contribution in [3.8, 4) is 11.1 Å². The van der Waals surface area contributed by atoms with Crippen LogP contribution in [-0.4, -0.2) is 240 Å². The van der Waals surface area contributed by atoms with E-state index < -0.39 is 171 Å². The highest BCUT2D eigenvalue weighted by Crippen LogP contribution is 2.58. The molecule has 1 aliphatic carbocycles. The zero-order valence-electron chi connectivity index (χ0n) is 38.2. The smallest absolute Gasteiger partial charge is 0.348 e. The molecule has 1 heterocycles. The van der Waals surface area contributed by atoms with Crippen molar-refractivity contribution in [1.82, 2.24) is 19.4 Å². The molecule has 6 nitrogen and oxygen atoms in total. The van der Waals surface area contributed by atoms with Crippen molar-refractivity contribution in [2.24, 2.45) is 0 Å². The van der Waals surface area contributed by atoms with Gasteiger partial charge in [0, 0.05) is 35.2 Å². The minimum Gasteiger partial charge on any atom is -0.348 e. The van der Waals surface area contributed by atoms with Gasteiger partial charge >= 0.3 is 6.18 Å². The second kappa shape index (κ2) is 19.6. The van der Waals surface area contributed by atoms with Crippen molar-refractivity contribution in [2.75, 3.05) is 26.2 Å². The van der Waals surface area contributed by atoms with E-state index in [4.69, 9.17) is 188 Å². The molecular formula is C36H14B24F4N4O2S. The summed E-state index contributed by atoms with van der Waals surface area (Å²) in [4.78, 5) is 36.2. The van der Waals surface area contributed by atoms with E-state index >= 15 is 4.79 Å². The Kier molecular flexibility index (Phi) is 16.4. The molecule has 0 aliphatic heterocycles. The molecule has 1 aromatic heterocycles. The average molecular weight is 902 g/mol. The summed E-state index contributed by atoms with van der Waals surface area (Å²) >= 11 is 0.123. The van der Waals surface area contributed by atoms with Crippen molar-refractivity contribution in [1.29, 1.82) is 0 Å². The summed E-state index contributed by atoms with van der Waals surface area (Å²) in [6.07, 6.45) is -5.13. The number of carbonyl (C=O) groups excluding carboxylic acids is 1. The van der Waals surface area contributed by atoms with Crippen molar-refractivity contribution < 1.29 is 22.4 Å². The minimum atomic E-state index is -5.13. The van der Waals surface area contributed by atoms with Crippen LogP contribution < -0.4 is 71.1 Å².